The topological polar surface area (TPSA) is 70.1 Å². The molecular weight excluding hydrogens is 244 g/mol. The molecule has 100 valence electrons. The number of rotatable bonds is 2. The molecule has 0 saturated carbocycles. The van der Waals surface area contributed by atoms with Gasteiger partial charge in [-0.2, -0.15) is 17.0 Å². The summed E-state index contributed by atoms with van der Waals surface area (Å²) in [6, 6.07) is 0. The Bertz CT molecular complexity index is 353. The van der Waals surface area contributed by atoms with Crippen LogP contribution in [0.15, 0.2) is 0 Å². The number of piperidine rings is 1. The summed E-state index contributed by atoms with van der Waals surface area (Å²) in [6.45, 7) is 4.32. The average Bonchev–Trinajstić information content (AvgIpc) is 2.29. The lowest BCUT2D eigenvalue weighted by Gasteiger charge is -2.38. The molecular formula is C10H20N2O4S. The van der Waals surface area contributed by atoms with E-state index in [1.54, 1.807) is 6.92 Å². The van der Waals surface area contributed by atoms with Crippen LogP contribution < -0.4 is 0 Å². The first-order valence-electron chi connectivity index (χ1n) is 5.97. The summed E-state index contributed by atoms with van der Waals surface area (Å²) in [7, 11) is -3.36. The van der Waals surface area contributed by atoms with Gasteiger partial charge in [0.1, 0.15) is 0 Å². The van der Waals surface area contributed by atoms with Crippen molar-refractivity contribution in [3.8, 4) is 0 Å². The molecule has 0 radical (unpaired) electrons. The molecule has 0 aliphatic carbocycles. The minimum atomic E-state index is -3.36. The molecule has 2 aliphatic rings. The fraction of sp³-hybridized carbons (Fsp3) is 1.00. The number of hydrogen-bond donors (Lipinski definition) is 1. The first-order chi connectivity index (χ1) is 7.92. The van der Waals surface area contributed by atoms with Gasteiger partial charge in [0.15, 0.2) is 0 Å². The monoisotopic (exact) mass is 264 g/mol. The molecule has 2 saturated heterocycles. The van der Waals surface area contributed by atoms with Gasteiger partial charge in [0.25, 0.3) is 10.2 Å². The van der Waals surface area contributed by atoms with Crippen LogP contribution in [-0.4, -0.2) is 67.1 Å². The third kappa shape index (κ3) is 2.97. The van der Waals surface area contributed by atoms with Crippen molar-refractivity contribution >= 4 is 10.2 Å². The van der Waals surface area contributed by atoms with E-state index in [4.69, 9.17) is 4.74 Å². The van der Waals surface area contributed by atoms with Gasteiger partial charge < -0.3 is 9.84 Å². The molecule has 2 fully saturated rings. The van der Waals surface area contributed by atoms with E-state index in [1.807, 2.05) is 0 Å². The first-order valence-corrected chi connectivity index (χ1v) is 7.37. The van der Waals surface area contributed by atoms with Crippen molar-refractivity contribution in [2.45, 2.75) is 25.4 Å². The van der Waals surface area contributed by atoms with Crippen LogP contribution in [0.3, 0.4) is 0 Å². The highest BCUT2D eigenvalue weighted by molar-refractivity contribution is 7.86. The third-order valence-electron chi connectivity index (χ3n) is 3.42. The van der Waals surface area contributed by atoms with Crippen LogP contribution in [-0.2, 0) is 14.9 Å². The molecule has 2 aliphatic heterocycles. The molecule has 0 bridgehead atoms. The van der Waals surface area contributed by atoms with Gasteiger partial charge in [0.2, 0.25) is 0 Å². The van der Waals surface area contributed by atoms with Crippen LogP contribution in [0.2, 0.25) is 0 Å². The lowest BCUT2D eigenvalue weighted by atomic mass is 9.95. The standard InChI is InChI=1S/C10H20N2O4S/c1-10(13)2-4-11(5-3-10)17(14,15)12-6-8-16-9-7-12/h13H,2-9H2,1H3. The maximum atomic E-state index is 12.3. The second-order valence-electron chi connectivity index (χ2n) is 4.92. The molecule has 0 aromatic rings. The first kappa shape index (κ1) is 13.2. The molecule has 7 heteroatoms. The van der Waals surface area contributed by atoms with Crippen molar-refractivity contribution in [3.63, 3.8) is 0 Å². The molecule has 17 heavy (non-hydrogen) atoms. The second-order valence-corrected chi connectivity index (χ2v) is 6.84. The van der Waals surface area contributed by atoms with Gasteiger partial charge in [-0.15, -0.1) is 0 Å². The predicted octanol–water partition coefficient (Wildman–Crippen LogP) is -0.590. The minimum absolute atomic E-state index is 0.396. The van der Waals surface area contributed by atoms with Gasteiger partial charge in [-0.05, 0) is 19.8 Å². The summed E-state index contributed by atoms with van der Waals surface area (Å²) in [4.78, 5) is 0. The fourth-order valence-electron chi connectivity index (χ4n) is 2.14. The maximum absolute atomic E-state index is 12.3. The van der Waals surface area contributed by atoms with E-state index < -0.39 is 15.8 Å². The molecule has 0 spiro atoms. The molecule has 0 amide bonds. The number of ether oxygens (including phenoxy) is 1. The molecule has 6 nitrogen and oxygen atoms in total. The van der Waals surface area contributed by atoms with Gasteiger partial charge >= 0.3 is 0 Å². The normalized spacial score (nSPS) is 28.1. The highest BCUT2D eigenvalue weighted by Crippen LogP contribution is 2.24. The Balaban J connectivity index is 2.01. The van der Waals surface area contributed by atoms with Crippen molar-refractivity contribution in [2.75, 3.05) is 39.4 Å². The van der Waals surface area contributed by atoms with Crippen LogP contribution in [0, 0.1) is 0 Å². The van der Waals surface area contributed by atoms with E-state index in [0.717, 1.165) is 0 Å². The van der Waals surface area contributed by atoms with Gasteiger partial charge in [-0.3, -0.25) is 0 Å². The molecule has 0 unspecified atom stereocenters. The zero-order chi connectivity index (χ0) is 12.5. The van der Waals surface area contributed by atoms with Crippen LogP contribution in [0.4, 0.5) is 0 Å². The van der Waals surface area contributed by atoms with E-state index in [9.17, 15) is 13.5 Å². The molecule has 0 atom stereocenters. The Hall–Kier alpha value is -0.210. The van der Waals surface area contributed by atoms with Crippen LogP contribution in [0.5, 0.6) is 0 Å². The molecule has 0 aromatic heterocycles. The number of morpholine rings is 1. The lowest BCUT2D eigenvalue weighted by molar-refractivity contribution is 0.00990. The van der Waals surface area contributed by atoms with E-state index in [-0.39, 0.29) is 0 Å². The van der Waals surface area contributed by atoms with Crippen molar-refractivity contribution in [1.29, 1.82) is 0 Å². The summed E-state index contributed by atoms with van der Waals surface area (Å²) >= 11 is 0. The van der Waals surface area contributed by atoms with E-state index >= 15 is 0 Å². The van der Waals surface area contributed by atoms with Crippen molar-refractivity contribution in [3.05, 3.63) is 0 Å². The van der Waals surface area contributed by atoms with Crippen molar-refractivity contribution in [1.82, 2.24) is 8.61 Å². The van der Waals surface area contributed by atoms with Crippen LogP contribution in [0.1, 0.15) is 19.8 Å². The molecule has 2 heterocycles. The van der Waals surface area contributed by atoms with E-state index in [0.29, 0.717) is 52.2 Å². The van der Waals surface area contributed by atoms with E-state index in [1.165, 1.54) is 8.61 Å². The second kappa shape index (κ2) is 4.81. The lowest BCUT2D eigenvalue weighted by Crippen LogP contribution is -2.52. The number of hydrogen-bond acceptors (Lipinski definition) is 4. The molecule has 0 aromatic carbocycles. The Kier molecular flexibility index (Phi) is 3.74. The SMILES string of the molecule is CC1(O)CCN(S(=O)(=O)N2CCOCC2)CC1. The fourth-order valence-corrected chi connectivity index (χ4v) is 3.72. The zero-order valence-corrected chi connectivity index (χ0v) is 10.9. The predicted molar refractivity (Wildman–Crippen MR) is 62.7 cm³/mol. The minimum Gasteiger partial charge on any atom is -0.390 e. The highest BCUT2D eigenvalue weighted by atomic mass is 32.2. The quantitative estimate of drug-likeness (QED) is 0.724. The zero-order valence-electron chi connectivity index (χ0n) is 10.1. The van der Waals surface area contributed by atoms with Crippen molar-refractivity contribution in [2.24, 2.45) is 0 Å². The smallest absolute Gasteiger partial charge is 0.282 e. The summed E-state index contributed by atoms with van der Waals surface area (Å²) < 4.78 is 32.6. The molecule has 2 rings (SSSR count). The number of aliphatic hydroxyl groups is 1. The van der Waals surface area contributed by atoms with Gasteiger partial charge in [-0.1, -0.05) is 0 Å². The molecule has 1 N–H and O–H groups in total. The summed E-state index contributed by atoms with van der Waals surface area (Å²) in [5, 5.41) is 9.81. The van der Waals surface area contributed by atoms with Crippen LogP contribution >= 0.6 is 0 Å². The highest BCUT2D eigenvalue weighted by Gasteiger charge is 2.36. The Morgan fingerprint density at radius 3 is 2.06 bits per heavy atom. The summed E-state index contributed by atoms with van der Waals surface area (Å²) in [5.41, 5.74) is -0.725. The van der Waals surface area contributed by atoms with Gasteiger partial charge in [0.05, 0.1) is 18.8 Å². The summed E-state index contributed by atoms with van der Waals surface area (Å²) in [5.74, 6) is 0. The summed E-state index contributed by atoms with van der Waals surface area (Å²) in [6.07, 6.45) is 0.993. The Morgan fingerprint density at radius 1 is 1.06 bits per heavy atom. The Morgan fingerprint density at radius 2 is 1.53 bits per heavy atom. The van der Waals surface area contributed by atoms with Gasteiger partial charge in [0, 0.05) is 26.2 Å². The number of nitrogens with zero attached hydrogens (tertiary/aromatic N) is 2. The average molecular weight is 264 g/mol. The van der Waals surface area contributed by atoms with Crippen LogP contribution in [0.25, 0.3) is 0 Å². The maximum Gasteiger partial charge on any atom is 0.282 e. The van der Waals surface area contributed by atoms with Gasteiger partial charge in [-0.25, -0.2) is 0 Å². The van der Waals surface area contributed by atoms with Crippen molar-refractivity contribution < 1.29 is 18.3 Å². The third-order valence-corrected chi connectivity index (χ3v) is 5.46. The van der Waals surface area contributed by atoms with E-state index in [2.05, 4.69) is 0 Å². The Labute approximate surface area is 102 Å². The largest absolute Gasteiger partial charge is 0.390 e.